The second-order valence-electron chi connectivity index (χ2n) is 4.88. The standard InChI is InChI=1S/C14H21NO3/c1-2-11-5-3-4-10-15(11)13-8-6-12(18-13)7-9-14(16)17/h6,8,11H,2-5,7,9-10H2,1H3,(H,16,17). The van der Waals surface area contributed by atoms with Crippen LogP contribution in [0.4, 0.5) is 5.88 Å². The SMILES string of the molecule is CCC1CCCCN1c1ccc(CCC(=O)O)o1. The number of hydrogen-bond acceptors (Lipinski definition) is 3. The van der Waals surface area contributed by atoms with Gasteiger partial charge < -0.3 is 14.4 Å². The average Bonchev–Trinajstić information content (AvgIpc) is 2.85. The summed E-state index contributed by atoms with van der Waals surface area (Å²) in [6, 6.07) is 4.45. The molecule has 4 heteroatoms. The summed E-state index contributed by atoms with van der Waals surface area (Å²) in [6.45, 7) is 3.25. The van der Waals surface area contributed by atoms with Crippen LogP contribution in [0, 0.1) is 0 Å². The lowest BCUT2D eigenvalue weighted by molar-refractivity contribution is -0.137. The zero-order valence-electron chi connectivity index (χ0n) is 10.9. The molecule has 0 amide bonds. The van der Waals surface area contributed by atoms with Gasteiger partial charge in [-0.1, -0.05) is 6.92 Å². The van der Waals surface area contributed by atoms with E-state index in [4.69, 9.17) is 9.52 Å². The molecule has 1 fully saturated rings. The topological polar surface area (TPSA) is 53.7 Å². The number of rotatable bonds is 5. The number of carbonyl (C=O) groups is 1. The first-order valence-electron chi connectivity index (χ1n) is 6.78. The molecule has 0 saturated carbocycles. The van der Waals surface area contributed by atoms with Gasteiger partial charge in [0.25, 0.3) is 0 Å². The molecule has 1 saturated heterocycles. The Labute approximate surface area is 108 Å². The summed E-state index contributed by atoms with van der Waals surface area (Å²) in [5, 5.41) is 8.66. The summed E-state index contributed by atoms with van der Waals surface area (Å²) >= 11 is 0. The van der Waals surface area contributed by atoms with E-state index >= 15 is 0 Å². The summed E-state index contributed by atoms with van der Waals surface area (Å²) < 4.78 is 5.77. The summed E-state index contributed by atoms with van der Waals surface area (Å²) in [4.78, 5) is 12.9. The molecule has 4 nitrogen and oxygen atoms in total. The normalized spacial score (nSPS) is 20.1. The third-order valence-electron chi connectivity index (χ3n) is 3.61. The van der Waals surface area contributed by atoms with Crippen molar-refractivity contribution in [1.29, 1.82) is 0 Å². The van der Waals surface area contributed by atoms with Gasteiger partial charge in [-0.15, -0.1) is 0 Å². The highest BCUT2D eigenvalue weighted by atomic mass is 16.4. The molecule has 2 heterocycles. The van der Waals surface area contributed by atoms with Crippen LogP contribution in [0.15, 0.2) is 16.5 Å². The lowest BCUT2D eigenvalue weighted by Gasteiger charge is -2.35. The van der Waals surface area contributed by atoms with E-state index in [-0.39, 0.29) is 6.42 Å². The van der Waals surface area contributed by atoms with E-state index in [1.54, 1.807) is 0 Å². The number of nitrogens with zero attached hydrogens (tertiary/aromatic N) is 1. The monoisotopic (exact) mass is 251 g/mol. The van der Waals surface area contributed by atoms with Crippen molar-refractivity contribution in [3.8, 4) is 0 Å². The van der Waals surface area contributed by atoms with Crippen LogP contribution in [0.2, 0.25) is 0 Å². The number of hydrogen-bond donors (Lipinski definition) is 1. The maximum Gasteiger partial charge on any atom is 0.303 e. The van der Waals surface area contributed by atoms with Crippen molar-refractivity contribution in [3.63, 3.8) is 0 Å². The van der Waals surface area contributed by atoms with Crippen molar-refractivity contribution in [2.45, 2.75) is 51.5 Å². The van der Waals surface area contributed by atoms with E-state index in [9.17, 15) is 4.79 Å². The fraction of sp³-hybridized carbons (Fsp3) is 0.643. The minimum absolute atomic E-state index is 0.129. The number of anilines is 1. The van der Waals surface area contributed by atoms with Crippen LogP contribution in [0.5, 0.6) is 0 Å². The number of carboxylic acids is 1. The Morgan fingerprint density at radius 3 is 3.06 bits per heavy atom. The first-order valence-corrected chi connectivity index (χ1v) is 6.78. The van der Waals surface area contributed by atoms with Crippen molar-refractivity contribution in [2.75, 3.05) is 11.4 Å². The van der Waals surface area contributed by atoms with E-state index in [2.05, 4.69) is 11.8 Å². The van der Waals surface area contributed by atoms with Gasteiger partial charge in [0.2, 0.25) is 0 Å². The Bertz CT molecular complexity index is 399. The van der Waals surface area contributed by atoms with Crippen LogP contribution < -0.4 is 4.90 Å². The summed E-state index contributed by atoms with van der Waals surface area (Å²) in [7, 11) is 0. The first kappa shape index (κ1) is 13.0. The van der Waals surface area contributed by atoms with E-state index in [0.29, 0.717) is 12.5 Å². The van der Waals surface area contributed by atoms with Gasteiger partial charge in [0, 0.05) is 25.1 Å². The quantitative estimate of drug-likeness (QED) is 0.873. The second kappa shape index (κ2) is 5.94. The molecule has 0 aromatic carbocycles. The molecule has 1 N–H and O–H groups in total. The van der Waals surface area contributed by atoms with Crippen LogP contribution in [0.3, 0.4) is 0 Å². The number of furan rings is 1. The number of aliphatic carboxylic acids is 1. The predicted octanol–water partition coefficient (Wildman–Crippen LogP) is 3.07. The number of aryl methyl sites for hydroxylation is 1. The summed E-state index contributed by atoms with van der Waals surface area (Å²) in [5.74, 6) is 0.895. The minimum Gasteiger partial charge on any atom is -0.481 e. The van der Waals surface area contributed by atoms with Crippen LogP contribution >= 0.6 is 0 Å². The fourth-order valence-corrected chi connectivity index (χ4v) is 2.60. The Hall–Kier alpha value is -1.45. The predicted molar refractivity (Wildman–Crippen MR) is 69.9 cm³/mol. The molecule has 18 heavy (non-hydrogen) atoms. The molecule has 100 valence electrons. The zero-order valence-corrected chi connectivity index (χ0v) is 10.9. The van der Waals surface area contributed by atoms with Crippen LogP contribution in [-0.4, -0.2) is 23.7 Å². The lowest BCUT2D eigenvalue weighted by Crippen LogP contribution is -2.38. The minimum atomic E-state index is -0.780. The molecule has 1 atom stereocenters. The highest BCUT2D eigenvalue weighted by Crippen LogP contribution is 2.28. The van der Waals surface area contributed by atoms with Gasteiger partial charge in [0.1, 0.15) is 5.76 Å². The number of piperidine rings is 1. The zero-order chi connectivity index (χ0) is 13.0. The smallest absolute Gasteiger partial charge is 0.303 e. The Balaban J connectivity index is 2.01. The van der Waals surface area contributed by atoms with Crippen molar-refractivity contribution >= 4 is 11.9 Å². The molecule has 1 aromatic rings. The Morgan fingerprint density at radius 1 is 1.50 bits per heavy atom. The van der Waals surface area contributed by atoms with E-state index in [1.165, 1.54) is 19.3 Å². The van der Waals surface area contributed by atoms with E-state index in [0.717, 1.165) is 24.6 Å². The van der Waals surface area contributed by atoms with Crippen molar-refractivity contribution in [2.24, 2.45) is 0 Å². The molecular formula is C14H21NO3. The molecule has 1 aliphatic heterocycles. The van der Waals surface area contributed by atoms with Gasteiger partial charge >= 0.3 is 5.97 Å². The molecule has 0 spiro atoms. The average molecular weight is 251 g/mol. The molecule has 1 unspecified atom stereocenters. The third-order valence-corrected chi connectivity index (χ3v) is 3.61. The maximum absolute atomic E-state index is 10.5. The van der Waals surface area contributed by atoms with Crippen LogP contribution in [-0.2, 0) is 11.2 Å². The van der Waals surface area contributed by atoms with E-state index < -0.39 is 5.97 Å². The summed E-state index contributed by atoms with van der Waals surface area (Å²) in [5.41, 5.74) is 0. The largest absolute Gasteiger partial charge is 0.481 e. The fourth-order valence-electron chi connectivity index (χ4n) is 2.60. The van der Waals surface area contributed by atoms with Gasteiger partial charge in [-0.2, -0.15) is 0 Å². The second-order valence-corrected chi connectivity index (χ2v) is 4.88. The highest BCUT2D eigenvalue weighted by Gasteiger charge is 2.23. The molecular weight excluding hydrogens is 230 g/mol. The number of carboxylic acid groups (broad SMARTS) is 1. The summed E-state index contributed by atoms with van der Waals surface area (Å²) in [6.07, 6.45) is 5.46. The molecule has 1 aromatic heterocycles. The van der Waals surface area contributed by atoms with Crippen LogP contribution in [0.25, 0.3) is 0 Å². The maximum atomic E-state index is 10.5. The lowest BCUT2D eigenvalue weighted by atomic mass is 10.0. The first-order chi connectivity index (χ1) is 8.70. The van der Waals surface area contributed by atoms with E-state index in [1.807, 2.05) is 12.1 Å². The van der Waals surface area contributed by atoms with Crippen molar-refractivity contribution in [3.05, 3.63) is 17.9 Å². The Kier molecular flexibility index (Phi) is 4.28. The van der Waals surface area contributed by atoms with Crippen LogP contribution in [0.1, 0.15) is 44.8 Å². The van der Waals surface area contributed by atoms with Gasteiger partial charge in [0.05, 0.1) is 6.42 Å². The molecule has 1 aliphatic rings. The van der Waals surface area contributed by atoms with Gasteiger partial charge in [-0.25, -0.2) is 0 Å². The molecule has 0 radical (unpaired) electrons. The van der Waals surface area contributed by atoms with Gasteiger partial charge in [0.15, 0.2) is 5.88 Å². The van der Waals surface area contributed by atoms with Crippen molar-refractivity contribution in [1.82, 2.24) is 0 Å². The molecule has 0 bridgehead atoms. The Morgan fingerprint density at radius 2 is 2.33 bits per heavy atom. The van der Waals surface area contributed by atoms with Crippen molar-refractivity contribution < 1.29 is 14.3 Å². The van der Waals surface area contributed by atoms with Gasteiger partial charge in [-0.05, 0) is 31.7 Å². The highest BCUT2D eigenvalue weighted by molar-refractivity contribution is 5.66. The third kappa shape index (κ3) is 3.06. The molecule has 0 aliphatic carbocycles. The van der Waals surface area contributed by atoms with Gasteiger partial charge in [-0.3, -0.25) is 4.79 Å². The molecule has 2 rings (SSSR count).